The van der Waals surface area contributed by atoms with Crippen molar-refractivity contribution >= 4 is 45.0 Å². The van der Waals surface area contributed by atoms with Gasteiger partial charge in [-0.2, -0.15) is 0 Å². The van der Waals surface area contributed by atoms with Gasteiger partial charge >= 0.3 is 0 Å². The summed E-state index contributed by atoms with van der Waals surface area (Å²) in [5.74, 6) is 1.70. The van der Waals surface area contributed by atoms with Gasteiger partial charge in [-0.05, 0) is 29.8 Å². The van der Waals surface area contributed by atoms with Crippen LogP contribution >= 0.6 is 39.3 Å². The van der Waals surface area contributed by atoms with E-state index in [1.54, 1.807) is 0 Å². The molecular formula is C15H13BrClNS. The first kappa shape index (κ1) is 13.3. The molecule has 3 rings (SSSR count). The molecule has 1 unspecified atom stereocenters. The molecule has 0 saturated heterocycles. The Hall–Kier alpha value is -0.640. The zero-order valence-corrected chi connectivity index (χ0v) is 13.4. The van der Waals surface area contributed by atoms with Gasteiger partial charge in [0.2, 0.25) is 0 Å². The molecule has 1 atom stereocenters. The number of benzene rings is 2. The van der Waals surface area contributed by atoms with E-state index in [-0.39, 0.29) is 0 Å². The maximum absolute atomic E-state index is 6.22. The highest BCUT2D eigenvalue weighted by Crippen LogP contribution is 2.39. The number of rotatable bonds is 3. The minimum atomic E-state index is 0.556. The minimum Gasteiger partial charge on any atom is -0.383 e. The van der Waals surface area contributed by atoms with Gasteiger partial charge in [0.05, 0.1) is 10.7 Å². The summed E-state index contributed by atoms with van der Waals surface area (Å²) in [6.45, 7) is 0.922. The van der Waals surface area contributed by atoms with E-state index in [9.17, 15) is 0 Å². The van der Waals surface area contributed by atoms with Crippen LogP contribution in [0, 0.1) is 0 Å². The van der Waals surface area contributed by atoms with Crippen molar-refractivity contribution in [1.82, 2.24) is 0 Å². The van der Waals surface area contributed by atoms with Crippen molar-refractivity contribution < 1.29 is 0 Å². The quantitative estimate of drug-likeness (QED) is 0.791. The summed E-state index contributed by atoms with van der Waals surface area (Å²) in [5.41, 5.74) is 2.45. The Labute approximate surface area is 130 Å². The topological polar surface area (TPSA) is 12.0 Å². The van der Waals surface area contributed by atoms with E-state index in [0.29, 0.717) is 5.92 Å². The van der Waals surface area contributed by atoms with Gasteiger partial charge in [-0.1, -0.05) is 45.7 Å². The number of anilines is 1. The first-order valence-corrected chi connectivity index (χ1v) is 8.30. The smallest absolute Gasteiger partial charge is 0.0648 e. The van der Waals surface area contributed by atoms with E-state index in [4.69, 9.17) is 11.6 Å². The van der Waals surface area contributed by atoms with Gasteiger partial charge < -0.3 is 5.32 Å². The predicted octanol–water partition coefficient (Wildman–Crippen LogP) is 5.40. The Balaban J connectivity index is 1.71. The number of nitrogens with one attached hydrogen (secondary N) is 1. The zero-order valence-electron chi connectivity index (χ0n) is 10.2. The van der Waals surface area contributed by atoms with Gasteiger partial charge in [0.25, 0.3) is 0 Å². The normalized spacial score (nSPS) is 17.3. The molecule has 1 aliphatic heterocycles. The fourth-order valence-corrected chi connectivity index (χ4v) is 4.26. The average Bonchev–Trinajstić information content (AvgIpc) is 2.81. The van der Waals surface area contributed by atoms with E-state index in [0.717, 1.165) is 27.5 Å². The molecule has 0 saturated carbocycles. The third kappa shape index (κ3) is 2.93. The Morgan fingerprint density at radius 2 is 2.11 bits per heavy atom. The number of hydrogen-bond acceptors (Lipinski definition) is 2. The molecule has 0 fully saturated rings. The number of fused-ring (bicyclic) bond motifs is 1. The molecule has 0 spiro atoms. The molecular weight excluding hydrogens is 342 g/mol. The molecule has 1 heterocycles. The molecule has 0 bridgehead atoms. The second-order valence-corrected chi connectivity index (χ2v) is 6.94. The Morgan fingerprint density at radius 3 is 2.95 bits per heavy atom. The van der Waals surface area contributed by atoms with Crippen LogP contribution in [0.25, 0.3) is 0 Å². The third-order valence-corrected chi connectivity index (χ3v) is 5.33. The van der Waals surface area contributed by atoms with Gasteiger partial charge in [0, 0.05) is 27.6 Å². The van der Waals surface area contributed by atoms with Gasteiger partial charge in [-0.3, -0.25) is 0 Å². The summed E-state index contributed by atoms with van der Waals surface area (Å²) in [6.07, 6.45) is 0. The Kier molecular flexibility index (Phi) is 4.06. The van der Waals surface area contributed by atoms with Crippen LogP contribution in [-0.2, 0) is 0 Å². The molecule has 0 radical (unpaired) electrons. The summed E-state index contributed by atoms with van der Waals surface area (Å²) in [7, 11) is 0. The number of hydrogen-bond donors (Lipinski definition) is 1. The lowest BCUT2D eigenvalue weighted by molar-refractivity contribution is 0.819. The molecule has 1 N–H and O–H groups in total. The first-order valence-electron chi connectivity index (χ1n) is 6.14. The standard InChI is InChI=1S/C15H13BrClNS/c16-11-5-6-14(13(17)7-11)18-8-10-9-19-15-4-2-1-3-12(10)15/h1-7,10,18H,8-9H2. The van der Waals surface area contributed by atoms with E-state index < -0.39 is 0 Å². The Morgan fingerprint density at radius 1 is 1.26 bits per heavy atom. The molecule has 1 aliphatic rings. The van der Waals surface area contributed by atoms with Crippen molar-refractivity contribution in [3.63, 3.8) is 0 Å². The highest BCUT2D eigenvalue weighted by molar-refractivity contribution is 9.10. The Bertz CT molecular complexity index is 602. The van der Waals surface area contributed by atoms with E-state index in [2.05, 4.69) is 45.5 Å². The molecule has 4 heteroatoms. The zero-order chi connectivity index (χ0) is 13.2. The largest absolute Gasteiger partial charge is 0.383 e. The van der Waals surface area contributed by atoms with E-state index in [1.807, 2.05) is 30.0 Å². The van der Waals surface area contributed by atoms with Crippen molar-refractivity contribution in [2.75, 3.05) is 17.6 Å². The fraction of sp³-hybridized carbons (Fsp3) is 0.200. The molecule has 0 aliphatic carbocycles. The van der Waals surface area contributed by atoms with Crippen LogP contribution in [-0.4, -0.2) is 12.3 Å². The van der Waals surface area contributed by atoms with Crippen molar-refractivity contribution in [2.45, 2.75) is 10.8 Å². The van der Waals surface area contributed by atoms with Crippen molar-refractivity contribution in [1.29, 1.82) is 0 Å². The second-order valence-electron chi connectivity index (χ2n) is 4.55. The van der Waals surface area contributed by atoms with Crippen LogP contribution in [0.5, 0.6) is 0 Å². The van der Waals surface area contributed by atoms with Crippen molar-refractivity contribution in [2.24, 2.45) is 0 Å². The summed E-state index contributed by atoms with van der Waals surface area (Å²) < 4.78 is 1.00. The SMILES string of the molecule is Clc1cc(Br)ccc1NCC1CSc2ccccc21. The molecule has 2 aromatic rings. The highest BCUT2D eigenvalue weighted by atomic mass is 79.9. The van der Waals surface area contributed by atoms with Gasteiger partial charge in [-0.25, -0.2) is 0 Å². The van der Waals surface area contributed by atoms with Crippen LogP contribution in [0.15, 0.2) is 51.8 Å². The summed E-state index contributed by atoms with van der Waals surface area (Å²) in [6, 6.07) is 14.6. The number of halogens is 2. The van der Waals surface area contributed by atoms with Gasteiger partial charge in [-0.15, -0.1) is 11.8 Å². The van der Waals surface area contributed by atoms with Crippen LogP contribution in [0.1, 0.15) is 11.5 Å². The first-order chi connectivity index (χ1) is 9.24. The van der Waals surface area contributed by atoms with E-state index in [1.165, 1.54) is 10.5 Å². The van der Waals surface area contributed by atoms with Crippen LogP contribution in [0.2, 0.25) is 5.02 Å². The molecule has 98 valence electrons. The molecule has 1 nitrogen and oxygen atoms in total. The van der Waals surface area contributed by atoms with Gasteiger partial charge in [0.1, 0.15) is 0 Å². The van der Waals surface area contributed by atoms with Crippen LogP contribution in [0.3, 0.4) is 0 Å². The van der Waals surface area contributed by atoms with Crippen molar-refractivity contribution in [3.8, 4) is 0 Å². The maximum atomic E-state index is 6.22. The van der Waals surface area contributed by atoms with Crippen LogP contribution < -0.4 is 5.32 Å². The number of thioether (sulfide) groups is 1. The summed E-state index contributed by atoms with van der Waals surface area (Å²) in [4.78, 5) is 1.41. The molecule has 0 aromatic heterocycles. The van der Waals surface area contributed by atoms with E-state index >= 15 is 0 Å². The predicted molar refractivity (Wildman–Crippen MR) is 87.5 cm³/mol. The second kappa shape index (κ2) is 5.78. The average molecular weight is 355 g/mol. The highest BCUT2D eigenvalue weighted by Gasteiger charge is 2.22. The molecule has 0 amide bonds. The maximum Gasteiger partial charge on any atom is 0.0648 e. The molecule has 19 heavy (non-hydrogen) atoms. The lowest BCUT2D eigenvalue weighted by atomic mass is 10.0. The third-order valence-electron chi connectivity index (χ3n) is 3.27. The summed E-state index contributed by atoms with van der Waals surface area (Å²) >= 11 is 11.6. The van der Waals surface area contributed by atoms with Crippen LogP contribution in [0.4, 0.5) is 5.69 Å². The summed E-state index contributed by atoms with van der Waals surface area (Å²) in [5, 5.41) is 4.21. The molecule has 2 aromatic carbocycles. The lowest BCUT2D eigenvalue weighted by Crippen LogP contribution is -2.12. The fourth-order valence-electron chi connectivity index (χ4n) is 2.26. The van der Waals surface area contributed by atoms with Crippen molar-refractivity contribution in [3.05, 3.63) is 57.5 Å². The minimum absolute atomic E-state index is 0.556. The monoisotopic (exact) mass is 353 g/mol. The lowest BCUT2D eigenvalue weighted by Gasteiger charge is -2.14. The van der Waals surface area contributed by atoms with Gasteiger partial charge in [0.15, 0.2) is 0 Å².